The van der Waals surface area contributed by atoms with Crippen LogP contribution in [0.15, 0.2) is 24.3 Å². The molecule has 108 valence electrons. The molecule has 0 saturated heterocycles. The van der Waals surface area contributed by atoms with Crippen LogP contribution in [-0.4, -0.2) is 23.5 Å². The highest BCUT2D eigenvalue weighted by molar-refractivity contribution is 6.33. The molecule has 1 aromatic carbocycles. The first-order chi connectivity index (χ1) is 9.58. The maximum absolute atomic E-state index is 12.0. The van der Waals surface area contributed by atoms with E-state index in [1.807, 2.05) is 0 Å². The molecule has 0 aromatic heterocycles. The number of nitrogens with one attached hydrogen (secondary N) is 1. The van der Waals surface area contributed by atoms with Crippen molar-refractivity contribution in [3.8, 4) is 0 Å². The van der Waals surface area contributed by atoms with Gasteiger partial charge in [-0.25, -0.2) is 0 Å². The predicted molar refractivity (Wildman–Crippen MR) is 76.9 cm³/mol. The fraction of sp³-hybridized carbons (Fsp3) is 0.467. The van der Waals surface area contributed by atoms with Crippen molar-refractivity contribution in [2.24, 2.45) is 11.8 Å². The van der Waals surface area contributed by atoms with E-state index in [-0.39, 0.29) is 11.8 Å². The second kappa shape index (κ2) is 6.75. The maximum Gasteiger partial charge on any atom is 0.306 e. The molecular weight excluding hydrogens is 278 g/mol. The highest BCUT2D eigenvalue weighted by Gasteiger charge is 2.26. The van der Waals surface area contributed by atoms with E-state index in [1.54, 1.807) is 24.3 Å². The summed E-state index contributed by atoms with van der Waals surface area (Å²) < 4.78 is 0. The van der Waals surface area contributed by atoms with Gasteiger partial charge in [-0.05, 0) is 43.7 Å². The molecule has 0 heterocycles. The van der Waals surface area contributed by atoms with Crippen molar-refractivity contribution in [3.05, 3.63) is 34.9 Å². The zero-order chi connectivity index (χ0) is 14.5. The molecule has 4 nitrogen and oxygen atoms in total. The van der Waals surface area contributed by atoms with Gasteiger partial charge in [0, 0.05) is 6.54 Å². The molecule has 0 atom stereocenters. The molecule has 1 amide bonds. The summed E-state index contributed by atoms with van der Waals surface area (Å²) >= 11 is 5.97. The summed E-state index contributed by atoms with van der Waals surface area (Å²) in [7, 11) is 0. The molecule has 1 saturated carbocycles. The lowest BCUT2D eigenvalue weighted by molar-refractivity contribution is -0.143. The summed E-state index contributed by atoms with van der Waals surface area (Å²) in [5.74, 6) is -0.734. The van der Waals surface area contributed by atoms with Crippen molar-refractivity contribution < 1.29 is 14.7 Å². The molecule has 2 rings (SSSR count). The SMILES string of the molecule is O=C(NCC1CCC(C(=O)O)CC1)c1ccccc1Cl. The highest BCUT2D eigenvalue weighted by atomic mass is 35.5. The molecular formula is C15H18ClNO3. The molecule has 20 heavy (non-hydrogen) atoms. The van der Waals surface area contributed by atoms with Crippen molar-refractivity contribution in [3.63, 3.8) is 0 Å². The van der Waals surface area contributed by atoms with Gasteiger partial charge in [0.25, 0.3) is 5.91 Å². The van der Waals surface area contributed by atoms with Crippen molar-refractivity contribution in [2.45, 2.75) is 25.7 Å². The molecule has 1 fully saturated rings. The maximum atomic E-state index is 12.0. The minimum absolute atomic E-state index is 0.170. The fourth-order valence-electron chi connectivity index (χ4n) is 2.59. The zero-order valence-electron chi connectivity index (χ0n) is 11.1. The van der Waals surface area contributed by atoms with Gasteiger partial charge in [0.15, 0.2) is 0 Å². The lowest BCUT2D eigenvalue weighted by Gasteiger charge is -2.26. The number of carbonyl (C=O) groups excluding carboxylic acids is 1. The van der Waals surface area contributed by atoms with E-state index >= 15 is 0 Å². The average Bonchev–Trinajstić information content (AvgIpc) is 2.45. The Morgan fingerprint density at radius 1 is 1.20 bits per heavy atom. The fourth-order valence-corrected chi connectivity index (χ4v) is 2.81. The lowest BCUT2D eigenvalue weighted by Crippen LogP contribution is -2.32. The van der Waals surface area contributed by atoms with E-state index in [2.05, 4.69) is 5.32 Å². The lowest BCUT2D eigenvalue weighted by atomic mass is 9.82. The Balaban J connectivity index is 1.80. The number of aliphatic carboxylic acids is 1. The quantitative estimate of drug-likeness (QED) is 0.897. The van der Waals surface area contributed by atoms with Crippen LogP contribution in [0, 0.1) is 11.8 Å². The number of rotatable bonds is 4. The van der Waals surface area contributed by atoms with Gasteiger partial charge in [0.2, 0.25) is 0 Å². The first kappa shape index (κ1) is 14.9. The molecule has 0 aliphatic heterocycles. The third kappa shape index (κ3) is 3.73. The number of benzene rings is 1. The Morgan fingerprint density at radius 3 is 2.45 bits per heavy atom. The predicted octanol–water partition coefficient (Wildman–Crippen LogP) is 2.96. The van der Waals surface area contributed by atoms with Crippen molar-refractivity contribution in [2.75, 3.05) is 6.54 Å². The van der Waals surface area contributed by atoms with Gasteiger partial charge in [0.05, 0.1) is 16.5 Å². The summed E-state index contributed by atoms with van der Waals surface area (Å²) in [5, 5.41) is 12.3. The van der Waals surface area contributed by atoms with E-state index in [1.165, 1.54) is 0 Å². The first-order valence-corrected chi connectivity index (χ1v) is 7.21. The molecule has 1 aliphatic rings. The van der Waals surface area contributed by atoms with Crippen LogP contribution in [0.3, 0.4) is 0 Å². The molecule has 0 spiro atoms. The Labute approximate surface area is 123 Å². The monoisotopic (exact) mass is 295 g/mol. The average molecular weight is 296 g/mol. The third-order valence-electron chi connectivity index (χ3n) is 3.87. The van der Waals surface area contributed by atoms with Gasteiger partial charge < -0.3 is 10.4 Å². The minimum atomic E-state index is -0.705. The van der Waals surface area contributed by atoms with E-state index in [4.69, 9.17) is 16.7 Å². The van der Waals surface area contributed by atoms with Crippen LogP contribution < -0.4 is 5.32 Å². The number of carboxylic acids is 1. The Morgan fingerprint density at radius 2 is 1.85 bits per heavy atom. The van der Waals surface area contributed by atoms with Crippen molar-refractivity contribution in [1.82, 2.24) is 5.32 Å². The van der Waals surface area contributed by atoms with Gasteiger partial charge >= 0.3 is 5.97 Å². The summed E-state index contributed by atoms with van der Waals surface area (Å²) in [4.78, 5) is 22.9. The summed E-state index contributed by atoms with van der Waals surface area (Å²) in [6.45, 7) is 0.580. The number of hydrogen-bond acceptors (Lipinski definition) is 2. The third-order valence-corrected chi connectivity index (χ3v) is 4.20. The largest absolute Gasteiger partial charge is 0.481 e. The molecule has 0 radical (unpaired) electrons. The second-order valence-electron chi connectivity index (χ2n) is 5.25. The molecule has 5 heteroatoms. The minimum Gasteiger partial charge on any atom is -0.481 e. The number of carbonyl (C=O) groups is 2. The van der Waals surface area contributed by atoms with Crippen LogP contribution >= 0.6 is 11.6 Å². The number of carboxylic acid groups (broad SMARTS) is 1. The van der Waals surface area contributed by atoms with Gasteiger partial charge in [-0.1, -0.05) is 23.7 Å². The Hall–Kier alpha value is -1.55. The van der Waals surface area contributed by atoms with Crippen LogP contribution in [0.2, 0.25) is 5.02 Å². The molecule has 2 N–H and O–H groups in total. The van der Waals surface area contributed by atoms with Crippen LogP contribution in [0.5, 0.6) is 0 Å². The van der Waals surface area contributed by atoms with E-state index < -0.39 is 5.97 Å². The van der Waals surface area contributed by atoms with Gasteiger partial charge in [-0.15, -0.1) is 0 Å². The van der Waals surface area contributed by atoms with Crippen LogP contribution in [-0.2, 0) is 4.79 Å². The van der Waals surface area contributed by atoms with Crippen molar-refractivity contribution in [1.29, 1.82) is 0 Å². The van der Waals surface area contributed by atoms with E-state index in [0.29, 0.717) is 35.9 Å². The molecule has 1 aromatic rings. The van der Waals surface area contributed by atoms with Gasteiger partial charge in [-0.3, -0.25) is 9.59 Å². The van der Waals surface area contributed by atoms with E-state index in [9.17, 15) is 9.59 Å². The van der Waals surface area contributed by atoms with Crippen molar-refractivity contribution >= 4 is 23.5 Å². The smallest absolute Gasteiger partial charge is 0.306 e. The Kier molecular flexibility index (Phi) is 5.01. The van der Waals surface area contributed by atoms with Gasteiger partial charge in [0.1, 0.15) is 0 Å². The number of amides is 1. The molecule has 0 unspecified atom stereocenters. The van der Waals surface area contributed by atoms with Crippen LogP contribution in [0.25, 0.3) is 0 Å². The summed E-state index contributed by atoms with van der Waals surface area (Å²) in [6, 6.07) is 6.94. The highest BCUT2D eigenvalue weighted by Crippen LogP contribution is 2.28. The first-order valence-electron chi connectivity index (χ1n) is 6.83. The number of hydrogen-bond donors (Lipinski definition) is 2. The molecule has 0 bridgehead atoms. The van der Waals surface area contributed by atoms with Crippen LogP contribution in [0.1, 0.15) is 36.0 Å². The van der Waals surface area contributed by atoms with Gasteiger partial charge in [-0.2, -0.15) is 0 Å². The zero-order valence-corrected chi connectivity index (χ0v) is 11.9. The molecule has 1 aliphatic carbocycles. The topological polar surface area (TPSA) is 66.4 Å². The summed E-state index contributed by atoms with van der Waals surface area (Å²) in [6.07, 6.45) is 3.09. The second-order valence-corrected chi connectivity index (χ2v) is 5.65. The normalized spacial score (nSPS) is 22.2. The number of halogens is 1. The summed E-state index contributed by atoms with van der Waals surface area (Å²) in [5.41, 5.74) is 0.480. The standard InChI is InChI=1S/C15H18ClNO3/c16-13-4-2-1-3-12(13)14(18)17-9-10-5-7-11(8-6-10)15(19)20/h1-4,10-11H,5-9H2,(H,17,18)(H,19,20). The van der Waals surface area contributed by atoms with Crippen LogP contribution in [0.4, 0.5) is 0 Å². The van der Waals surface area contributed by atoms with E-state index in [0.717, 1.165) is 12.8 Å². The Bertz CT molecular complexity index is 496.